The first kappa shape index (κ1) is 27.8. The number of likely N-dealkylation sites (N-methyl/N-ethyl adjacent to an activating group) is 1. The van der Waals surface area contributed by atoms with Gasteiger partial charge in [-0.1, -0.05) is 60.7 Å². The molecule has 1 amide bonds. The lowest BCUT2D eigenvalue weighted by atomic mass is 9.91. The molecule has 6 rings (SSSR count). The van der Waals surface area contributed by atoms with Crippen LogP contribution < -0.4 is 10.6 Å². The molecule has 0 saturated carbocycles. The Kier molecular flexibility index (Phi) is 7.35. The fourth-order valence-electron chi connectivity index (χ4n) is 5.61. The molecule has 4 heterocycles. The maximum atomic E-state index is 12.8. The zero-order chi connectivity index (χ0) is 29.4. The molecule has 2 fully saturated rings. The highest BCUT2D eigenvalue weighted by molar-refractivity contribution is 5.90. The first-order chi connectivity index (χ1) is 20.3. The van der Waals surface area contributed by atoms with Crippen molar-refractivity contribution in [1.82, 2.24) is 24.8 Å². The van der Waals surface area contributed by atoms with Gasteiger partial charge in [-0.2, -0.15) is 0 Å². The second-order valence-electron chi connectivity index (χ2n) is 10.7. The average Bonchev–Trinajstić information content (AvgIpc) is 3.64. The number of carboxylic acid groups (broad SMARTS) is 1. The molecule has 4 atom stereocenters. The highest BCUT2D eigenvalue weighted by atomic mass is 16.8. The van der Waals surface area contributed by atoms with E-state index < -0.39 is 42.1 Å². The van der Waals surface area contributed by atoms with Gasteiger partial charge in [-0.15, -0.1) is 0 Å². The summed E-state index contributed by atoms with van der Waals surface area (Å²) in [4.78, 5) is 38.1. The number of carbonyl (C=O) groups is 2. The Balaban J connectivity index is 1.37. The predicted octanol–water partition coefficient (Wildman–Crippen LogP) is 3.32. The number of rotatable bonds is 9. The van der Waals surface area contributed by atoms with Crippen LogP contribution >= 0.6 is 0 Å². The molecular formula is C30H32N6O6. The van der Waals surface area contributed by atoms with E-state index in [1.165, 1.54) is 6.33 Å². The molecule has 4 aromatic rings. The van der Waals surface area contributed by atoms with E-state index in [1.54, 1.807) is 18.4 Å². The van der Waals surface area contributed by atoms with Crippen molar-refractivity contribution in [3.8, 4) is 0 Å². The van der Waals surface area contributed by atoms with Crippen molar-refractivity contribution in [3.05, 3.63) is 83.9 Å². The van der Waals surface area contributed by atoms with Crippen LogP contribution in [0.4, 0.5) is 5.82 Å². The number of fused-ring (bicyclic) bond motifs is 2. The summed E-state index contributed by atoms with van der Waals surface area (Å²) in [5.41, 5.74) is 2.77. The minimum Gasteiger partial charge on any atom is -0.475 e. The predicted molar refractivity (Wildman–Crippen MR) is 152 cm³/mol. The molecule has 0 aliphatic carbocycles. The number of carboxylic acids is 1. The Morgan fingerprint density at radius 2 is 1.64 bits per heavy atom. The molecule has 2 aromatic carbocycles. The number of benzene rings is 2. The number of carbonyl (C=O) groups excluding carboxylic acids is 1. The summed E-state index contributed by atoms with van der Waals surface area (Å²) in [5.74, 6) is -2.74. The van der Waals surface area contributed by atoms with Gasteiger partial charge in [0, 0.05) is 19.0 Å². The van der Waals surface area contributed by atoms with Gasteiger partial charge in [0.05, 0.1) is 6.33 Å². The molecule has 218 valence electrons. The van der Waals surface area contributed by atoms with E-state index in [-0.39, 0.29) is 23.3 Å². The molecule has 2 saturated heterocycles. The molecule has 42 heavy (non-hydrogen) atoms. The number of nitrogens with zero attached hydrogens (tertiary/aromatic N) is 4. The Morgan fingerprint density at radius 3 is 2.26 bits per heavy atom. The average molecular weight is 573 g/mol. The van der Waals surface area contributed by atoms with Gasteiger partial charge in [0.25, 0.3) is 5.91 Å². The number of ether oxygens (including phenoxy) is 3. The van der Waals surface area contributed by atoms with E-state index in [9.17, 15) is 14.7 Å². The first-order valence-electron chi connectivity index (χ1n) is 13.9. The monoisotopic (exact) mass is 572 g/mol. The summed E-state index contributed by atoms with van der Waals surface area (Å²) in [5, 5.41) is 16.0. The van der Waals surface area contributed by atoms with E-state index >= 15 is 0 Å². The summed E-state index contributed by atoms with van der Waals surface area (Å²) >= 11 is 0. The first-order valence-corrected chi connectivity index (χ1v) is 13.9. The topological polar surface area (TPSA) is 150 Å². The van der Waals surface area contributed by atoms with Crippen molar-refractivity contribution in [2.75, 3.05) is 18.4 Å². The minimum absolute atomic E-state index is 0.0455. The summed E-state index contributed by atoms with van der Waals surface area (Å²) in [6, 6.07) is 20.1. The van der Waals surface area contributed by atoms with Crippen LogP contribution in [0.25, 0.3) is 11.2 Å². The molecule has 12 heteroatoms. The van der Waals surface area contributed by atoms with Crippen molar-refractivity contribution in [3.63, 3.8) is 0 Å². The van der Waals surface area contributed by atoms with Crippen molar-refractivity contribution < 1.29 is 28.9 Å². The lowest BCUT2D eigenvalue weighted by Crippen LogP contribution is -2.42. The number of hydrogen-bond donors (Lipinski definition) is 3. The highest BCUT2D eigenvalue weighted by Crippen LogP contribution is 2.44. The third kappa shape index (κ3) is 5.20. The van der Waals surface area contributed by atoms with Gasteiger partial charge < -0.3 is 30.0 Å². The standard InChI is InChI=1S/C30H32N6O6/c1-4-31-27(37)22-21-23(42-30(2,3)41-21)28(40-22)36-16-33-20-24(34-25(29(38)39)35-26(20)36)32-15-19(17-11-7-5-8-12-17)18-13-9-6-10-14-18/h5-14,16,19,21-23,28H,4,15H2,1-3H3,(H,31,37)(H,38,39)(H,32,34,35)/t21-,22+,23+,28-/m1/s1. The van der Waals surface area contributed by atoms with Gasteiger partial charge in [-0.25, -0.2) is 19.7 Å². The summed E-state index contributed by atoms with van der Waals surface area (Å²) in [6.07, 6.45) is -1.62. The molecule has 0 unspecified atom stereocenters. The van der Waals surface area contributed by atoms with Crippen LogP contribution in [0.5, 0.6) is 0 Å². The summed E-state index contributed by atoms with van der Waals surface area (Å²) in [7, 11) is 0. The zero-order valence-electron chi connectivity index (χ0n) is 23.4. The van der Waals surface area contributed by atoms with E-state index in [1.807, 2.05) is 43.3 Å². The molecule has 0 radical (unpaired) electrons. The lowest BCUT2D eigenvalue weighted by molar-refractivity contribution is -0.197. The number of aromatic nitrogens is 4. The van der Waals surface area contributed by atoms with Crippen LogP contribution in [0.15, 0.2) is 67.0 Å². The van der Waals surface area contributed by atoms with Gasteiger partial charge in [-0.05, 0) is 31.9 Å². The second kappa shape index (κ2) is 11.1. The minimum atomic E-state index is -1.29. The number of amides is 1. The van der Waals surface area contributed by atoms with Crippen LogP contribution in [0.3, 0.4) is 0 Å². The Hall–Kier alpha value is -4.39. The Bertz CT molecular complexity index is 1550. The summed E-state index contributed by atoms with van der Waals surface area (Å²) < 4.78 is 20.0. The van der Waals surface area contributed by atoms with Crippen molar-refractivity contribution in [2.24, 2.45) is 0 Å². The molecule has 0 bridgehead atoms. The van der Waals surface area contributed by atoms with Crippen molar-refractivity contribution in [1.29, 1.82) is 0 Å². The Morgan fingerprint density at radius 1 is 1.00 bits per heavy atom. The maximum absolute atomic E-state index is 12.8. The number of hydrogen-bond acceptors (Lipinski definition) is 9. The van der Waals surface area contributed by atoms with E-state index in [4.69, 9.17) is 14.2 Å². The fraction of sp³-hybridized carbons (Fsp3) is 0.367. The van der Waals surface area contributed by atoms with Crippen LogP contribution in [0, 0.1) is 0 Å². The molecule has 2 aliphatic heterocycles. The maximum Gasteiger partial charge on any atom is 0.374 e. The van der Waals surface area contributed by atoms with Gasteiger partial charge >= 0.3 is 5.97 Å². The SMILES string of the molecule is CCNC(=O)[C@H]1O[C@@H](n2cnc3c(NCC(c4ccccc4)c4ccccc4)nc(C(=O)O)nc32)[C@H]2OC(C)(C)O[C@@H]21. The molecule has 12 nitrogen and oxygen atoms in total. The zero-order valence-corrected chi connectivity index (χ0v) is 23.4. The normalized spacial score (nSPS) is 22.8. The van der Waals surface area contributed by atoms with Crippen molar-refractivity contribution in [2.45, 2.75) is 57.0 Å². The number of nitrogens with one attached hydrogen (secondary N) is 2. The largest absolute Gasteiger partial charge is 0.475 e. The Labute approximate surface area is 242 Å². The van der Waals surface area contributed by atoms with Crippen LogP contribution in [-0.2, 0) is 19.0 Å². The molecule has 3 N–H and O–H groups in total. The van der Waals surface area contributed by atoms with Crippen LogP contribution in [-0.4, -0.2) is 73.7 Å². The van der Waals surface area contributed by atoms with E-state index in [2.05, 4.69) is 49.9 Å². The summed E-state index contributed by atoms with van der Waals surface area (Å²) in [6.45, 7) is 6.20. The molecule has 2 aliphatic rings. The fourth-order valence-corrected chi connectivity index (χ4v) is 5.61. The third-order valence-corrected chi connectivity index (χ3v) is 7.40. The number of anilines is 1. The number of imidazole rings is 1. The van der Waals surface area contributed by atoms with Gasteiger partial charge in [0.15, 0.2) is 35.1 Å². The second-order valence-corrected chi connectivity index (χ2v) is 10.7. The number of aromatic carboxylic acids is 1. The molecule has 0 spiro atoms. The molecule has 2 aromatic heterocycles. The van der Waals surface area contributed by atoms with Crippen LogP contribution in [0.1, 0.15) is 54.7 Å². The lowest BCUT2D eigenvalue weighted by Gasteiger charge is -2.24. The quantitative estimate of drug-likeness (QED) is 0.273. The van der Waals surface area contributed by atoms with E-state index in [0.717, 1.165) is 11.1 Å². The van der Waals surface area contributed by atoms with Gasteiger partial charge in [0.2, 0.25) is 5.82 Å². The van der Waals surface area contributed by atoms with Gasteiger partial charge in [-0.3, -0.25) is 9.36 Å². The smallest absolute Gasteiger partial charge is 0.374 e. The highest BCUT2D eigenvalue weighted by Gasteiger charge is 2.58. The van der Waals surface area contributed by atoms with Crippen molar-refractivity contribution >= 4 is 28.9 Å². The van der Waals surface area contributed by atoms with Gasteiger partial charge in [0.1, 0.15) is 12.2 Å². The third-order valence-electron chi connectivity index (χ3n) is 7.40. The van der Waals surface area contributed by atoms with E-state index in [0.29, 0.717) is 18.6 Å². The molecular weight excluding hydrogens is 540 g/mol. The van der Waals surface area contributed by atoms with Crippen LogP contribution in [0.2, 0.25) is 0 Å².